The normalized spacial score (nSPS) is 11.8. The molecule has 0 aromatic heterocycles. The van der Waals surface area contributed by atoms with Crippen molar-refractivity contribution in [3.8, 4) is 11.5 Å². The second-order valence-corrected chi connectivity index (χ2v) is 6.15. The zero-order valence-electron chi connectivity index (χ0n) is 13.7. The highest BCUT2D eigenvalue weighted by atomic mass is 16.5. The van der Waals surface area contributed by atoms with Crippen LogP contribution in [-0.4, -0.2) is 18.8 Å². The van der Waals surface area contributed by atoms with Crippen molar-refractivity contribution >= 4 is 0 Å². The minimum atomic E-state index is 0.109. The minimum Gasteiger partial charge on any atom is -0.493 e. The summed E-state index contributed by atoms with van der Waals surface area (Å²) in [4.78, 5) is 0. The summed E-state index contributed by atoms with van der Waals surface area (Å²) >= 11 is 0. The quantitative estimate of drug-likeness (QED) is 0.813. The Balaban J connectivity index is 2.79. The standard InChI is InChI=1S/C17H29NO2/c1-7-14(8-2)20-15-10-9-13(11-16(15)19-6)12-18-17(3,4)5/h9-11,14,18H,7-8,12H2,1-6H3. The first kappa shape index (κ1) is 16.8. The molecular formula is C17H29NO2. The van der Waals surface area contributed by atoms with Gasteiger partial charge in [-0.3, -0.25) is 0 Å². The molecule has 0 aliphatic heterocycles. The molecule has 1 N–H and O–H groups in total. The van der Waals surface area contributed by atoms with Crippen LogP contribution >= 0.6 is 0 Å². The molecule has 0 aliphatic carbocycles. The smallest absolute Gasteiger partial charge is 0.161 e. The molecular weight excluding hydrogens is 250 g/mol. The van der Waals surface area contributed by atoms with Crippen LogP contribution in [0.25, 0.3) is 0 Å². The molecule has 0 unspecified atom stereocenters. The van der Waals surface area contributed by atoms with Crippen molar-refractivity contribution in [2.75, 3.05) is 7.11 Å². The van der Waals surface area contributed by atoms with E-state index in [-0.39, 0.29) is 11.6 Å². The van der Waals surface area contributed by atoms with Crippen LogP contribution in [0.4, 0.5) is 0 Å². The molecule has 20 heavy (non-hydrogen) atoms. The zero-order valence-corrected chi connectivity index (χ0v) is 13.7. The maximum absolute atomic E-state index is 5.99. The molecule has 0 atom stereocenters. The summed E-state index contributed by atoms with van der Waals surface area (Å²) in [7, 11) is 1.69. The van der Waals surface area contributed by atoms with Gasteiger partial charge in [0, 0.05) is 12.1 Å². The van der Waals surface area contributed by atoms with Gasteiger partial charge in [0.25, 0.3) is 0 Å². The Morgan fingerprint density at radius 1 is 1.10 bits per heavy atom. The van der Waals surface area contributed by atoms with Crippen LogP contribution in [0.1, 0.15) is 53.0 Å². The summed E-state index contributed by atoms with van der Waals surface area (Å²) in [5.41, 5.74) is 1.31. The van der Waals surface area contributed by atoms with Crippen LogP contribution in [0.2, 0.25) is 0 Å². The monoisotopic (exact) mass is 279 g/mol. The fourth-order valence-corrected chi connectivity index (χ4v) is 1.92. The lowest BCUT2D eigenvalue weighted by molar-refractivity contribution is 0.185. The van der Waals surface area contributed by atoms with Crippen LogP contribution in [-0.2, 0) is 6.54 Å². The number of hydrogen-bond donors (Lipinski definition) is 1. The molecule has 0 spiro atoms. The summed E-state index contributed by atoms with van der Waals surface area (Å²) in [5.74, 6) is 1.64. The second kappa shape index (κ2) is 7.53. The molecule has 0 saturated carbocycles. The molecule has 3 heteroatoms. The third-order valence-corrected chi connectivity index (χ3v) is 3.26. The molecule has 0 radical (unpaired) electrons. The molecule has 0 amide bonds. The van der Waals surface area contributed by atoms with Crippen LogP contribution in [0, 0.1) is 0 Å². The van der Waals surface area contributed by atoms with Crippen molar-refractivity contribution in [1.29, 1.82) is 0 Å². The largest absolute Gasteiger partial charge is 0.493 e. The van der Waals surface area contributed by atoms with E-state index in [1.807, 2.05) is 6.07 Å². The van der Waals surface area contributed by atoms with Gasteiger partial charge in [0.05, 0.1) is 13.2 Å². The van der Waals surface area contributed by atoms with Gasteiger partial charge < -0.3 is 14.8 Å². The van der Waals surface area contributed by atoms with Gasteiger partial charge in [-0.25, -0.2) is 0 Å². The molecule has 1 aromatic rings. The average Bonchev–Trinajstić information content (AvgIpc) is 2.42. The van der Waals surface area contributed by atoms with Gasteiger partial charge in [-0.1, -0.05) is 19.9 Å². The summed E-state index contributed by atoms with van der Waals surface area (Å²) < 4.78 is 11.4. The molecule has 0 heterocycles. The second-order valence-electron chi connectivity index (χ2n) is 6.15. The fourth-order valence-electron chi connectivity index (χ4n) is 1.92. The van der Waals surface area contributed by atoms with Gasteiger partial charge in [0.15, 0.2) is 11.5 Å². The maximum Gasteiger partial charge on any atom is 0.161 e. The van der Waals surface area contributed by atoms with Crippen LogP contribution in [0.5, 0.6) is 11.5 Å². The molecule has 1 aromatic carbocycles. The first-order valence-electron chi connectivity index (χ1n) is 7.48. The molecule has 1 rings (SSSR count). The highest BCUT2D eigenvalue weighted by Crippen LogP contribution is 2.30. The summed E-state index contributed by atoms with van der Waals surface area (Å²) in [5, 5.41) is 3.48. The van der Waals surface area contributed by atoms with Crippen molar-refractivity contribution in [1.82, 2.24) is 5.32 Å². The number of rotatable bonds is 7. The Hall–Kier alpha value is -1.22. The van der Waals surface area contributed by atoms with Crippen LogP contribution in [0.15, 0.2) is 18.2 Å². The van der Waals surface area contributed by atoms with E-state index in [9.17, 15) is 0 Å². The highest BCUT2D eigenvalue weighted by molar-refractivity contribution is 5.43. The lowest BCUT2D eigenvalue weighted by Gasteiger charge is -2.22. The summed E-state index contributed by atoms with van der Waals surface area (Å²) in [6, 6.07) is 6.16. The molecule has 114 valence electrons. The number of hydrogen-bond acceptors (Lipinski definition) is 3. The fraction of sp³-hybridized carbons (Fsp3) is 0.647. The lowest BCUT2D eigenvalue weighted by atomic mass is 10.1. The van der Waals surface area contributed by atoms with Crippen LogP contribution < -0.4 is 14.8 Å². The topological polar surface area (TPSA) is 30.5 Å². The lowest BCUT2D eigenvalue weighted by Crippen LogP contribution is -2.35. The van der Waals surface area contributed by atoms with Gasteiger partial charge in [-0.05, 0) is 51.3 Å². The minimum absolute atomic E-state index is 0.109. The molecule has 0 saturated heterocycles. The Kier molecular flexibility index (Phi) is 6.34. The molecule has 0 fully saturated rings. The first-order valence-corrected chi connectivity index (χ1v) is 7.48. The Morgan fingerprint density at radius 2 is 1.75 bits per heavy atom. The molecule has 0 aliphatic rings. The molecule has 0 bridgehead atoms. The predicted octanol–water partition coefficient (Wildman–Crippen LogP) is 4.15. The van der Waals surface area contributed by atoms with E-state index < -0.39 is 0 Å². The third-order valence-electron chi connectivity index (χ3n) is 3.26. The van der Waals surface area contributed by atoms with E-state index in [0.29, 0.717) is 0 Å². The number of ether oxygens (including phenoxy) is 2. The van der Waals surface area contributed by atoms with Crippen molar-refractivity contribution in [2.45, 2.75) is 65.6 Å². The first-order chi connectivity index (χ1) is 9.39. The highest BCUT2D eigenvalue weighted by Gasteiger charge is 2.12. The number of methoxy groups -OCH3 is 1. The van der Waals surface area contributed by atoms with Crippen molar-refractivity contribution in [3.05, 3.63) is 23.8 Å². The Labute approximate surface area is 123 Å². The summed E-state index contributed by atoms with van der Waals surface area (Å²) in [6.45, 7) is 11.6. The van der Waals surface area contributed by atoms with Gasteiger partial charge in [0.1, 0.15) is 0 Å². The SMILES string of the molecule is CCC(CC)Oc1ccc(CNC(C)(C)C)cc1OC. The number of nitrogens with one attached hydrogen (secondary N) is 1. The van der Waals surface area contributed by atoms with E-state index in [1.54, 1.807) is 7.11 Å². The third kappa shape index (κ3) is 5.41. The van der Waals surface area contributed by atoms with Crippen molar-refractivity contribution < 1.29 is 9.47 Å². The van der Waals surface area contributed by atoms with E-state index in [0.717, 1.165) is 30.9 Å². The zero-order chi connectivity index (χ0) is 15.2. The summed E-state index contributed by atoms with van der Waals surface area (Å²) in [6.07, 6.45) is 2.27. The van der Waals surface area contributed by atoms with Gasteiger partial charge in [-0.2, -0.15) is 0 Å². The van der Waals surface area contributed by atoms with Crippen molar-refractivity contribution in [3.63, 3.8) is 0 Å². The van der Waals surface area contributed by atoms with Crippen molar-refractivity contribution in [2.24, 2.45) is 0 Å². The molecule has 3 nitrogen and oxygen atoms in total. The van der Waals surface area contributed by atoms with Crippen LogP contribution in [0.3, 0.4) is 0 Å². The number of benzene rings is 1. The van der Waals surface area contributed by atoms with E-state index in [1.165, 1.54) is 5.56 Å². The maximum atomic E-state index is 5.99. The van der Waals surface area contributed by atoms with E-state index in [2.05, 4.69) is 52.1 Å². The van der Waals surface area contributed by atoms with Gasteiger partial charge in [-0.15, -0.1) is 0 Å². The Bertz CT molecular complexity index is 406. The average molecular weight is 279 g/mol. The van der Waals surface area contributed by atoms with Gasteiger partial charge >= 0.3 is 0 Å². The Morgan fingerprint density at radius 3 is 2.25 bits per heavy atom. The van der Waals surface area contributed by atoms with E-state index >= 15 is 0 Å². The van der Waals surface area contributed by atoms with E-state index in [4.69, 9.17) is 9.47 Å². The van der Waals surface area contributed by atoms with Gasteiger partial charge in [0.2, 0.25) is 0 Å². The predicted molar refractivity (Wildman–Crippen MR) is 84.6 cm³/mol.